The summed E-state index contributed by atoms with van der Waals surface area (Å²) >= 11 is 1.28. The first-order chi connectivity index (χ1) is 9.42. The molecule has 0 fully saturated rings. The standard InChI is InChI=1S/C11H16N4O3S2/c1-8-10(5-9(6-16)19-8)20(17,18)13-4-3-11-12-7-15(2)14-11/h5,7,13,16H,3-4,6H2,1-2H3. The second-order valence-electron chi connectivity index (χ2n) is 4.27. The molecule has 0 aliphatic rings. The number of nitrogens with zero attached hydrogens (tertiary/aromatic N) is 3. The highest BCUT2D eigenvalue weighted by Gasteiger charge is 2.19. The van der Waals surface area contributed by atoms with Crippen LogP contribution in [0, 0.1) is 6.92 Å². The fraction of sp³-hybridized carbons (Fsp3) is 0.455. The molecule has 2 rings (SSSR count). The minimum Gasteiger partial charge on any atom is -0.391 e. The van der Waals surface area contributed by atoms with Crippen LogP contribution in [0.15, 0.2) is 17.3 Å². The number of nitrogens with one attached hydrogen (secondary N) is 1. The fourth-order valence-corrected chi connectivity index (χ4v) is 4.27. The Kier molecular flexibility index (Phi) is 4.53. The van der Waals surface area contributed by atoms with Gasteiger partial charge in [-0.25, -0.2) is 18.1 Å². The van der Waals surface area contributed by atoms with Gasteiger partial charge in [0.05, 0.1) is 11.5 Å². The van der Waals surface area contributed by atoms with Crippen molar-refractivity contribution < 1.29 is 13.5 Å². The molecule has 20 heavy (non-hydrogen) atoms. The summed E-state index contributed by atoms with van der Waals surface area (Å²) in [7, 11) is -1.80. The van der Waals surface area contributed by atoms with E-state index in [0.29, 0.717) is 22.0 Å². The summed E-state index contributed by atoms with van der Waals surface area (Å²) in [5.74, 6) is 0.591. The molecule has 0 spiro atoms. The van der Waals surface area contributed by atoms with Crippen LogP contribution in [0.3, 0.4) is 0 Å². The van der Waals surface area contributed by atoms with Gasteiger partial charge in [-0.2, -0.15) is 5.10 Å². The van der Waals surface area contributed by atoms with E-state index in [-0.39, 0.29) is 18.0 Å². The minimum atomic E-state index is -3.56. The molecule has 0 unspecified atom stereocenters. The van der Waals surface area contributed by atoms with Gasteiger partial charge in [-0.15, -0.1) is 11.3 Å². The van der Waals surface area contributed by atoms with Crippen molar-refractivity contribution >= 4 is 21.4 Å². The Bertz CT molecular complexity index is 690. The molecule has 7 nitrogen and oxygen atoms in total. The predicted molar refractivity (Wildman–Crippen MR) is 74.9 cm³/mol. The number of aryl methyl sites for hydroxylation is 2. The van der Waals surface area contributed by atoms with Gasteiger partial charge in [0.15, 0.2) is 5.82 Å². The van der Waals surface area contributed by atoms with E-state index >= 15 is 0 Å². The molecule has 0 amide bonds. The molecule has 0 aliphatic heterocycles. The van der Waals surface area contributed by atoms with Crippen molar-refractivity contribution in [3.63, 3.8) is 0 Å². The quantitative estimate of drug-likeness (QED) is 0.793. The maximum atomic E-state index is 12.1. The number of rotatable bonds is 6. The SMILES string of the molecule is Cc1sc(CO)cc1S(=O)(=O)NCCc1ncn(C)n1. The van der Waals surface area contributed by atoms with Crippen LogP contribution in [0.4, 0.5) is 0 Å². The van der Waals surface area contributed by atoms with Gasteiger partial charge in [0, 0.05) is 29.8 Å². The molecular weight excluding hydrogens is 300 g/mol. The summed E-state index contributed by atoms with van der Waals surface area (Å²) in [5.41, 5.74) is 0. The van der Waals surface area contributed by atoms with Gasteiger partial charge in [-0.1, -0.05) is 0 Å². The van der Waals surface area contributed by atoms with Crippen molar-refractivity contribution in [2.45, 2.75) is 24.8 Å². The Balaban J connectivity index is 2.01. The minimum absolute atomic E-state index is 0.154. The van der Waals surface area contributed by atoms with Gasteiger partial charge in [-0.05, 0) is 13.0 Å². The largest absolute Gasteiger partial charge is 0.391 e. The Morgan fingerprint density at radius 3 is 2.80 bits per heavy atom. The predicted octanol–water partition coefficient (Wildman–Crippen LogP) is 0.198. The second kappa shape index (κ2) is 6.00. The van der Waals surface area contributed by atoms with E-state index in [1.165, 1.54) is 17.4 Å². The van der Waals surface area contributed by atoms with Crippen molar-refractivity contribution in [3.8, 4) is 0 Å². The van der Waals surface area contributed by atoms with E-state index in [2.05, 4.69) is 14.8 Å². The van der Waals surface area contributed by atoms with Gasteiger partial charge in [-0.3, -0.25) is 4.68 Å². The Morgan fingerprint density at radius 2 is 2.25 bits per heavy atom. The van der Waals surface area contributed by atoms with Crippen molar-refractivity contribution in [2.75, 3.05) is 6.54 Å². The second-order valence-corrected chi connectivity index (χ2v) is 7.35. The van der Waals surface area contributed by atoms with Crippen LogP contribution in [-0.4, -0.2) is 34.8 Å². The van der Waals surface area contributed by atoms with Crippen molar-refractivity contribution in [2.24, 2.45) is 7.05 Å². The number of sulfonamides is 1. The number of aromatic nitrogens is 3. The smallest absolute Gasteiger partial charge is 0.241 e. The van der Waals surface area contributed by atoms with Crippen molar-refractivity contribution in [1.29, 1.82) is 0 Å². The summed E-state index contributed by atoms with van der Waals surface area (Å²) in [6.07, 6.45) is 2.00. The molecule has 2 aromatic rings. The van der Waals surface area contributed by atoms with Crippen LogP contribution in [0.5, 0.6) is 0 Å². The molecule has 110 valence electrons. The zero-order valence-electron chi connectivity index (χ0n) is 11.2. The number of hydrogen-bond donors (Lipinski definition) is 2. The van der Waals surface area contributed by atoms with Crippen molar-refractivity contribution in [3.05, 3.63) is 28.0 Å². The first-order valence-corrected chi connectivity index (χ1v) is 8.26. The average Bonchev–Trinajstić information content (AvgIpc) is 2.95. The molecule has 9 heteroatoms. The molecule has 0 aromatic carbocycles. The molecule has 0 aliphatic carbocycles. The third-order valence-corrected chi connectivity index (χ3v) is 5.41. The number of thiophene rings is 1. The zero-order valence-corrected chi connectivity index (χ0v) is 12.8. The molecular formula is C11H16N4O3S2. The lowest BCUT2D eigenvalue weighted by Crippen LogP contribution is -2.26. The monoisotopic (exact) mass is 316 g/mol. The normalized spacial score (nSPS) is 11.9. The van der Waals surface area contributed by atoms with E-state index in [9.17, 15) is 8.42 Å². The Hall–Kier alpha value is -1.29. The van der Waals surface area contributed by atoms with Crippen molar-refractivity contribution in [1.82, 2.24) is 19.5 Å². The highest BCUT2D eigenvalue weighted by molar-refractivity contribution is 7.89. The van der Waals surface area contributed by atoms with Crippen LogP contribution < -0.4 is 4.72 Å². The van der Waals surface area contributed by atoms with Gasteiger partial charge >= 0.3 is 0 Å². The van der Waals surface area contributed by atoms with Crippen LogP contribution in [0.2, 0.25) is 0 Å². The molecule has 0 saturated carbocycles. The lowest BCUT2D eigenvalue weighted by Gasteiger charge is -2.04. The van der Waals surface area contributed by atoms with Crippen LogP contribution >= 0.6 is 11.3 Å². The maximum absolute atomic E-state index is 12.1. The molecule has 0 radical (unpaired) electrons. The fourth-order valence-electron chi connectivity index (χ4n) is 1.74. The molecule has 2 heterocycles. The Morgan fingerprint density at radius 1 is 1.50 bits per heavy atom. The van der Waals surface area contributed by atoms with Gasteiger partial charge in [0.25, 0.3) is 0 Å². The molecule has 0 saturated heterocycles. The summed E-state index contributed by atoms with van der Waals surface area (Å²) in [6.45, 7) is 1.80. The number of aliphatic hydroxyl groups excluding tert-OH is 1. The van der Waals surface area contributed by atoms with E-state index in [4.69, 9.17) is 5.11 Å². The summed E-state index contributed by atoms with van der Waals surface area (Å²) in [4.78, 5) is 5.55. The van der Waals surface area contributed by atoms with E-state index < -0.39 is 10.0 Å². The third-order valence-electron chi connectivity index (χ3n) is 2.66. The van der Waals surface area contributed by atoms with E-state index in [0.717, 1.165) is 0 Å². The summed E-state index contributed by atoms with van der Waals surface area (Å²) in [5, 5.41) is 13.1. The maximum Gasteiger partial charge on any atom is 0.241 e. The number of aliphatic hydroxyl groups is 1. The Labute approximate surface area is 121 Å². The van der Waals surface area contributed by atoms with Crippen LogP contribution in [0.25, 0.3) is 0 Å². The van der Waals surface area contributed by atoms with Crippen LogP contribution in [0.1, 0.15) is 15.6 Å². The summed E-state index contributed by atoms with van der Waals surface area (Å²) in [6, 6.07) is 1.50. The zero-order chi connectivity index (χ0) is 14.8. The van der Waals surface area contributed by atoms with E-state index in [1.807, 2.05) is 0 Å². The average molecular weight is 316 g/mol. The molecule has 2 aromatic heterocycles. The highest BCUT2D eigenvalue weighted by atomic mass is 32.2. The van der Waals surface area contributed by atoms with Gasteiger partial charge in [0.1, 0.15) is 6.33 Å². The highest BCUT2D eigenvalue weighted by Crippen LogP contribution is 2.25. The van der Waals surface area contributed by atoms with E-state index in [1.54, 1.807) is 25.0 Å². The van der Waals surface area contributed by atoms with Crippen LogP contribution in [-0.2, 0) is 30.1 Å². The first-order valence-electron chi connectivity index (χ1n) is 5.96. The molecule has 0 atom stereocenters. The lowest BCUT2D eigenvalue weighted by molar-refractivity contribution is 0.285. The first kappa shape index (κ1) is 15.1. The number of hydrogen-bond acceptors (Lipinski definition) is 6. The lowest BCUT2D eigenvalue weighted by atomic mass is 10.4. The molecule has 2 N–H and O–H groups in total. The molecule has 0 bridgehead atoms. The van der Waals surface area contributed by atoms with Gasteiger partial charge in [0.2, 0.25) is 10.0 Å². The third kappa shape index (κ3) is 3.42. The summed E-state index contributed by atoms with van der Waals surface area (Å²) < 4.78 is 28.4. The topological polar surface area (TPSA) is 97.1 Å². The van der Waals surface area contributed by atoms with Gasteiger partial charge < -0.3 is 5.11 Å².